The van der Waals surface area contributed by atoms with Crippen molar-refractivity contribution >= 4 is 16.0 Å². The lowest BCUT2D eigenvalue weighted by Gasteiger charge is -2.07. The molecule has 1 aromatic heterocycles. The van der Waals surface area contributed by atoms with E-state index in [4.69, 9.17) is 5.14 Å². The van der Waals surface area contributed by atoms with E-state index in [1.807, 2.05) is 31.2 Å². The van der Waals surface area contributed by atoms with Gasteiger partial charge < -0.3 is 5.11 Å². The predicted octanol–water partition coefficient (Wildman–Crippen LogP) is 2.19. The first-order chi connectivity index (χ1) is 11.8. The normalized spacial score (nSPS) is 11.4. The van der Waals surface area contributed by atoms with Crippen molar-refractivity contribution in [3.8, 4) is 16.8 Å². The van der Waals surface area contributed by atoms with Gasteiger partial charge >= 0.3 is 5.97 Å². The summed E-state index contributed by atoms with van der Waals surface area (Å²) in [5.74, 6) is -1.14. The molecule has 0 saturated carbocycles. The molecule has 0 bridgehead atoms. The number of aromatic carboxylic acids is 1. The Labute approximate surface area is 144 Å². The molecule has 0 radical (unpaired) electrons. The highest BCUT2D eigenvalue weighted by atomic mass is 32.2. The molecule has 0 unspecified atom stereocenters. The summed E-state index contributed by atoms with van der Waals surface area (Å²) in [7, 11) is -3.82. The van der Waals surface area contributed by atoms with Crippen LogP contribution < -0.4 is 5.14 Å². The lowest BCUT2D eigenvalue weighted by Crippen LogP contribution is -2.13. The van der Waals surface area contributed by atoms with Gasteiger partial charge in [-0.25, -0.2) is 23.0 Å². The highest BCUT2D eigenvalue weighted by Crippen LogP contribution is 2.26. The first-order valence-electron chi connectivity index (χ1n) is 7.29. The van der Waals surface area contributed by atoms with Crippen molar-refractivity contribution in [3.05, 3.63) is 66.0 Å². The van der Waals surface area contributed by atoms with Gasteiger partial charge in [0, 0.05) is 5.56 Å². The summed E-state index contributed by atoms with van der Waals surface area (Å²) in [6, 6.07) is 13.0. The topological polar surface area (TPSA) is 115 Å². The van der Waals surface area contributed by atoms with Crippen molar-refractivity contribution in [2.45, 2.75) is 11.8 Å². The van der Waals surface area contributed by atoms with Crippen LogP contribution in [0.2, 0.25) is 0 Å². The SMILES string of the molecule is Cc1ccc(-c2cnn(-c3ccc(S(N)(=O)=O)cc3)c2C(=O)O)cc1. The number of aromatic nitrogens is 2. The minimum Gasteiger partial charge on any atom is -0.476 e. The maximum atomic E-state index is 11.8. The second kappa shape index (κ2) is 6.15. The van der Waals surface area contributed by atoms with Gasteiger partial charge in [0.05, 0.1) is 16.8 Å². The summed E-state index contributed by atoms with van der Waals surface area (Å²) in [4.78, 5) is 11.7. The molecule has 0 amide bonds. The Hall–Kier alpha value is -2.97. The third-order valence-corrected chi connectivity index (χ3v) is 4.67. The Balaban J connectivity index is 2.11. The molecule has 0 saturated heterocycles. The minimum atomic E-state index is -3.82. The number of hydrogen-bond donors (Lipinski definition) is 2. The summed E-state index contributed by atoms with van der Waals surface area (Å²) < 4.78 is 23.9. The molecule has 0 atom stereocenters. The van der Waals surface area contributed by atoms with Crippen LogP contribution in [0.5, 0.6) is 0 Å². The van der Waals surface area contributed by atoms with E-state index in [0.29, 0.717) is 11.3 Å². The molecule has 25 heavy (non-hydrogen) atoms. The highest BCUT2D eigenvalue weighted by Gasteiger charge is 2.20. The van der Waals surface area contributed by atoms with Crippen LogP contribution >= 0.6 is 0 Å². The molecule has 2 aromatic carbocycles. The molecule has 128 valence electrons. The molecule has 3 aromatic rings. The lowest BCUT2D eigenvalue weighted by atomic mass is 10.0. The van der Waals surface area contributed by atoms with Gasteiger partial charge in [-0.15, -0.1) is 0 Å². The molecule has 3 rings (SSSR count). The molecule has 0 aliphatic heterocycles. The number of carboxylic acids is 1. The van der Waals surface area contributed by atoms with E-state index in [9.17, 15) is 18.3 Å². The molecule has 1 heterocycles. The number of sulfonamides is 1. The maximum Gasteiger partial charge on any atom is 0.355 e. The van der Waals surface area contributed by atoms with Gasteiger partial charge in [0.2, 0.25) is 10.0 Å². The number of hydrogen-bond acceptors (Lipinski definition) is 4. The van der Waals surface area contributed by atoms with E-state index in [1.54, 1.807) is 0 Å². The lowest BCUT2D eigenvalue weighted by molar-refractivity contribution is 0.0688. The summed E-state index contributed by atoms with van der Waals surface area (Å²) in [6.07, 6.45) is 1.47. The quantitative estimate of drug-likeness (QED) is 0.742. The van der Waals surface area contributed by atoms with Gasteiger partial charge in [-0.1, -0.05) is 29.8 Å². The zero-order chi connectivity index (χ0) is 18.2. The fourth-order valence-electron chi connectivity index (χ4n) is 2.47. The molecule has 0 aliphatic carbocycles. The number of nitrogens with two attached hydrogens (primary N) is 1. The zero-order valence-corrected chi connectivity index (χ0v) is 14.1. The van der Waals surface area contributed by atoms with Crippen molar-refractivity contribution in [2.75, 3.05) is 0 Å². The van der Waals surface area contributed by atoms with Gasteiger partial charge in [-0.3, -0.25) is 0 Å². The number of primary sulfonamides is 1. The number of aryl methyl sites for hydroxylation is 1. The average Bonchev–Trinajstić information content (AvgIpc) is 3.00. The molecular weight excluding hydrogens is 342 g/mol. The fourth-order valence-corrected chi connectivity index (χ4v) is 2.99. The third-order valence-electron chi connectivity index (χ3n) is 3.74. The van der Waals surface area contributed by atoms with Gasteiger partial charge in [0.1, 0.15) is 0 Å². The summed E-state index contributed by atoms with van der Waals surface area (Å²) in [6.45, 7) is 1.94. The van der Waals surface area contributed by atoms with Crippen molar-refractivity contribution in [1.82, 2.24) is 9.78 Å². The van der Waals surface area contributed by atoms with Crippen LogP contribution in [0.15, 0.2) is 59.6 Å². The number of carboxylic acid groups (broad SMARTS) is 1. The van der Waals surface area contributed by atoms with Gasteiger partial charge in [-0.2, -0.15) is 5.10 Å². The van der Waals surface area contributed by atoms with Crippen molar-refractivity contribution in [1.29, 1.82) is 0 Å². The van der Waals surface area contributed by atoms with E-state index >= 15 is 0 Å². The summed E-state index contributed by atoms with van der Waals surface area (Å²) in [5.41, 5.74) is 2.68. The maximum absolute atomic E-state index is 11.8. The monoisotopic (exact) mass is 357 g/mol. The fraction of sp³-hybridized carbons (Fsp3) is 0.0588. The molecule has 8 heteroatoms. The predicted molar refractivity (Wildman–Crippen MR) is 92.1 cm³/mol. The second-order valence-electron chi connectivity index (χ2n) is 5.53. The van der Waals surface area contributed by atoms with Gasteiger partial charge in [-0.05, 0) is 36.8 Å². The van der Waals surface area contributed by atoms with Gasteiger partial charge in [0.15, 0.2) is 5.69 Å². The molecule has 0 fully saturated rings. The van der Waals surface area contributed by atoms with E-state index in [1.165, 1.54) is 35.1 Å². The van der Waals surface area contributed by atoms with E-state index in [-0.39, 0.29) is 10.6 Å². The highest BCUT2D eigenvalue weighted by molar-refractivity contribution is 7.89. The standard InChI is InChI=1S/C17H15N3O4S/c1-11-2-4-12(5-3-11)15-10-19-20(16(15)17(21)22)13-6-8-14(9-7-13)25(18,23)24/h2-10H,1H3,(H,21,22)(H2,18,23,24). The van der Waals surface area contributed by atoms with Crippen molar-refractivity contribution in [3.63, 3.8) is 0 Å². The van der Waals surface area contributed by atoms with E-state index in [2.05, 4.69) is 5.10 Å². The number of nitrogens with zero attached hydrogens (tertiary/aromatic N) is 2. The van der Waals surface area contributed by atoms with Crippen LogP contribution in [0.25, 0.3) is 16.8 Å². The van der Waals surface area contributed by atoms with Crippen LogP contribution in [-0.4, -0.2) is 29.3 Å². The zero-order valence-electron chi connectivity index (χ0n) is 13.2. The van der Waals surface area contributed by atoms with Crippen LogP contribution in [-0.2, 0) is 10.0 Å². The average molecular weight is 357 g/mol. The van der Waals surface area contributed by atoms with Crippen LogP contribution in [0.4, 0.5) is 0 Å². The largest absolute Gasteiger partial charge is 0.476 e. The minimum absolute atomic E-state index is 0.00721. The van der Waals surface area contributed by atoms with Crippen molar-refractivity contribution < 1.29 is 18.3 Å². The molecule has 7 nitrogen and oxygen atoms in total. The first-order valence-corrected chi connectivity index (χ1v) is 8.83. The van der Waals surface area contributed by atoms with Crippen LogP contribution in [0.3, 0.4) is 0 Å². The number of rotatable bonds is 4. The Morgan fingerprint density at radius 1 is 1.08 bits per heavy atom. The Bertz CT molecular complexity index is 1040. The van der Waals surface area contributed by atoms with Crippen molar-refractivity contribution in [2.24, 2.45) is 5.14 Å². The number of benzene rings is 2. The van der Waals surface area contributed by atoms with E-state index < -0.39 is 16.0 Å². The molecular formula is C17H15N3O4S. The Kier molecular flexibility index (Phi) is 4.15. The Morgan fingerprint density at radius 2 is 1.68 bits per heavy atom. The Morgan fingerprint density at radius 3 is 2.20 bits per heavy atom. The second-order valence-corrected chi connectivity index (χ2v) is 7.09. The van der Waals surface area contributed by atoms with Crippen LogP contribution in [0.1, 0.15) is 16.1 Å². The molecule has 0 spiro atoms. The third kappa shape index (κ3) is 3.30. The molecule has 0 aliphatic rings. The van der Waals surface area contributed by atoms with Gasteiger partial charge in [0.25, 0.3) is 0 Å². The summed E-state index contributed by atoms with van der Waals surface area (Å²) >= 11 is 0. The smallest absolute Gasteiger partial charge is 0.355 e. The number of carbonyl (C=O) groups is 1. The summed E-state index contributed by atoms with van der Waals surface area (Å²) in [5, 5.41) is 18.8. The van der Waals surface area contributed by atoms with Crippen LogP contribution in [0, 0.1) is 6.92 Å². The first kappa shape index (κ1) is 16.9. The van der Waals surface area contributed by atoms with E-state index in [0.717, 1.165) is 11.1 Å². The molecule has 3 N–H and O–H groups in total.